The quantitative estimate of drug-likeness (QED) is 0.888. The van der Waals surface area contributed by atoms with Crippen LogP contribution in [-0.4, -0.2) is 5.54 Å². The molecule has 1 aliphatic rings. The molecule has 2 N–H and O–H groups in total. The van der Waals surface area contributed by atoms with Gasteiger partial charge in [-0.25, -0.2) is 0 Å². The van der Waals surface area contributed by atoms with Gasteiger partial charge in [-0.3, -0.25) is 0 Å². The molecule has 0 saturated carbocycles. The van der Waals surface area contributed by atoms with Gasteiger partial charge in [0.25, 0.3) is 0 Å². The number of halogens is 2. The molecule has 0 aromatic heterocycles. The van der Waals surface area contributed by atoms with Crippen molar-refractivity contribution in [1.29, 1.82) is 0 Å². The van der Waals surface area contributed by atoms with E-state index in [9.17, 15) is 0 Å². The number of benzene rings is 2. The van der Waals surface area contributed by atoms with Gasteiger partial charge in [-0.1, -0.05) is 47.5 Å². The Morgan fingerprint density at radius 2 is 1.63 bits per heavy atom. The van der Waals surface area contributed by atoms with E-state index in [1.807, 2.05) is 12.1 Å². The van der Waals surface area contributed by atoms with E-state index < -0.39 is 0 Å². The summed E-state index contributed by atoms with van der Waals surface area (Å²) in [5, 5.41) is 1.45. The van der Waals surface area contributed by atoms with E-state index in [4.69, 9.17) is 28.9 Å². The van der Waals surface area contributed by atoms with Crippen molar-refractivity contribution in [2.45, 2.75) is 24.8 Å². The van der Waals surface area contributed by atoms with Crippen molar-refractivity contribution in [1.82, 2.24) is 0 Å². The molecule has 3 rings (SSSR count). The van der Waals surface area contributed by atoms with Crippen LogP contribution in [0.1, 0.15) is 16.7 Å². The number of hydrogen-bond acceptors (Lipinski definition) is 1. The van der Waals surface area contributed by atoms with Crippen LogP contribution in [0.5, 0.6) is 0 Å². The predicted molar refractivity (Wildman–Crippen MR) is 80.9 cm³/mol. The standard InChI is InChI=1S/C16H15Cl2N/c17-14-5-6-15(18)13(7-14)10-16(19)8-11-3-1-2-4-12(11)9-16/h1-7H,8-10,19H2. The van der Waals surface area contributed by atoms with Crippen LogP contribution in [-0.2, 0) is 19.3 Å². The van der Waals surface area contributed by atoms with Gasteiger partial charge in [0.05, 0.1) is 0 Å². The van der Waals surface area contributed by atoms with Crippen molar-refractivity contribution in [2.75, 3.05) is 0 Å². The van der Waals surface area contributed by atoms with Gasteiger partial charge >= 0.3 is 0 Å². The van der Waals surface area contributed by atoms with Crippen LogP contribution < -0.4 is 5.73 Å². The Hall–Kier alpha value is -1.02. The molecule has 19 heavy (non-hydrogen) atoms. The lowest BCUT2D eigenvalue weighted by Crippen LogP contribution is -2.43. The van der Waals surface area contributed by atoms with Gasteiger partial charge in [0.1, 0.15) is 0 Å². The summed E-state index contributed by atoms with van der Waals surface area (Å²) in [7, 11) is 0. The summed E-state index contributed by atoms with van der Waals surface area (Å²) in [4.78, 5) is 0. The molecule has 98 valence electrons. The molecule has 0 bridgehead atoms. The fourth-order valence-electron chi connectivity index (χ4n) is 2.91. The summed E-state index contributed by atoms with van der Waals surface area (Å²) in [5.74, 6) is 0. The Bertz CT molecular complexity index is 597. The summed E-state index contributed by atoms with van der Waals surface area (Å²) < 4.78 is 0. The second-order valence-corrected chi connectivity index (χ2v) is 6.24. The van der Waals surface area contributed by atoms with Gasteiger partial charge < -0.3 is 5.73 Å². The minimum absolute atomic E-state index is 0.252. The summed E-state index contributed by atoms with van der Waals surface area (Å²) in [5.41, 5.74) is 10.0. The third kappa shape index (κ3) is 2.64. The average Bonchev–Trinajstić information content (AvgIpc) is 2.69. The Balaban J connectivity index is 1.87. The summed E-state index contributed by atoms with van der Waals surface area (Å²) in [6, 6.07) is 14.0. The van der Waals surface area contributed by atoms with Crippen molar-refractivity contribution in [3.8, 4) is 0 Å². The van der Waals surface area contributed by atoms with E-state index in [0.29, 0.717) is 5.02 Å². The van der Waals surface area contributed by atoms with Gasteiger partial charge in [-0.15, -0.1) is 0 Å². The molecule has 2 aromatic rings. The van der Waals surface area contributed by atoms with Gasteiger partial charge in [0, 0.05) is 15.6 Å². The van der Waals surface area contributed by atoms with E-state index in [0.717, 1.165) is 29.8 Å². The molecule has 0 atom stereocenters. The van der Waals surface area contributed by atoms with Crippen LogP contribution in [0.2, 0.25) is 10.0 Å². The smallest absolute Gasteiger partial charge is 0.0439 e. The highest BCUT2D eigenvalue weighted by Gasteiger charge is 2.33. The van der Waals surface area contributed by atoms with E-state index >= 15 is 0 Å². The van der Waals surface area contributed by atoms with Crippen LogP contribution in [0.15, 0.2) is 42.5 Å². The highest BCUT2D eigenvalue weighted by Crippen LogP contribution is 2.33. The maximum Gasteiger partial charge on any atom is 0.0439 e. The Morgan fingerprint density at radius 1 is 1.00 bits per heavy atom. The highest BCUT2D eigenvalue weighted by atomic mass is 35.5. The van der Waals surface area contributed by atoms with E-state index in [-0.39, 0.29) is 5.54 Å². The minimum atomic E-state index is -0.252. The zero-order valence-electron chi connectivity index (χ0n) is 10.5. The summed E-state index contributed by atoms with van der Waals surface area (Å²) in [6.07, 6.45) is 2.54. The number of fused-ring (bicyclic) bond motifs is 1. The lowest BCUT2D eigenvalue weighted by atomic mass is 9.89. The third-order valence-corrected chi connectivity index (χ3v) is 4.36. The molecule has 0 unspecified atom stereocenters. The van der Waals surface area contributed by atoms with Crippen molar-refractivity contribution in [3.63, 3.8) is 0 Å². The van der Waals surface area contributed by atoms with Crippen LogP contribution in [0.4, 0.5) is 0 Å². The van der Waals surface area contributed by atoms with Gasteiger partial charge in [-0.05, 0) is 54.2 Å². The van der Waals surface area contributed by atoms with E-state index in [1.54, 1.807) is 6.07 Å². The zero-order valence-corrected chi connectivity index (χ0v) is 12.0. The molecule has 0 amide bonds. The first-order chi connectivity index (χ1) is 9.06. The minimum Gasteiger partial charge on any atom is -0.324 e. The summed E-state index contributed by atoms with van der Waals surface area (Å²) >= 11 is 12.3. The van der Waals surface area contributed by atoms with Crippen molar-refractivity contribution < 1.29 is 0 Å². The largest absolute Gasteiger partial charge is 0.324 e. The maximum absolute atomic E-state index is 6.56. The van der Waals surface area contributed by atoms with E-state index in [1.165, 1.54) is 11.1 Å². The number of hydrogen-bond donors (Lipinski definition) is 1. The molecular weight excluding hydrogens is 277 g/mol. The zero-order chi connectivity index (χ0) is 13.5. The van der Waals surface area contributed by atoms with E-state index in [2.05, 4.69) is 24.3 Å². The molecule has 2 aromatic carbocycles. The summed E-state index contributed by atoms with van der Waals surface area (Å²) in [6.45, 7) is 0. The lowest BCUT2D eigenvalue weighted by Gasteiger charge is -2.24. The fraction of sp³-hybridized carbons (Fsp3) is 0.250. The molecule has 1 aliphatic carbocycles. The number of rotatable bonds is 2. The first-order valence-corrected chi connectivity index (χ1v) is 7.11. The first-order valence-electron chi connectivity index (χ1n) is 6.35. The molecule has 3 heteroatoms. The van der Waals surface area contributed by atoms with Crippen LogP contribution >= 0.6 is 23.2 Å². The third-order valence-electron chi connectivity index (χ3n) is 3.75. The molecule has 0 saturated heterocycles. The lowest BCUT2D eigenvalue weighted by molar-refractivity contribution is 0.446. The Morgan fingerprint density at radius 3 is 2.26 bits per heavy atom. The Kier molecular flexibility index (Phi) is 3.30. The van der Waals surface area contributed by atoms with Gasteiger partial charge in [0.15, 0.2) is 0 Å². The molecule has 0 aliphatic heterocycles. The molecule has 1 nitrogen and oxygen atoms in total. The molecule has 0 spiro atoms. The van der Waals surface area contributed by atoms with Gasteiger partial charge in [-0.2, -0.15) is 0 Å². The predicted octanol–water partition coefficient (Wildman–Crippen LogP) is 4.03. The first kappa shape index (κ1) is 13.0. The molecule has 0 heterocycles. The normalized spacial score (nSPS) is 16.4. The topological polar surface area (TPSA) is 26.0 Å². The average molecular weight is 292 g/mol. The van der Waals surface area contributed by atoms with Gasteiger partial charge in [0.2, 0.25) is 0 Å². The Labute approximate surface area is 123 Å². The van der Waals surface area contributed by atoms with Crippen molar-refractivity contribution >= 4 is 23.2 Å². The van der Waals surface area contributed by atoms with Crippen LogP contribution in [0.3, 0.4) is 0 Å². The van der Waals surface area contributed by atoms with Crippen molar-refractivity contribution in [3.05, 3.63) is 69.2 Å². The fourth-order valence-corrected chi connectivity index (χ4v) is 3.29. The van der Waals surface area contributed by atoms with Crippen molar-refractivity contribution in [2.24, 2.45) is 5.73 Å². The monoisotopic (exact) mass is 291 g/mol. The highest BCUT2D eigenvalue weighted by molar-refractivity contribution is 6.33. The van der Waals surface area contributed by atoms with Crippen LogP contribution in [0.25, 0.3) is 0 Å². The SMILES string of the molecule is NC1(Cc2cc(Cl)ccc2Cl)Cc2ccccc2C1. The van der Waals surface area contributed by atoms with Crippen LogP contribution in [0, 0.1) is 0 Å². The second kappa shape index (κ2) is 4.82. The molecule has 0 radical (unpaired) electrons. The molecule has 0 fully saturated rings. The number of nitrogens with two attached hydrogens (primary N) is 1. The molecular formula is C16H15Cl2N. The maximum atomic E-state index is 6.56. The second-order valence-electron chi connectivity index (χ2n) is 5.40.